The summed E-state index contributed by atoms with van der Waals surface area (Å²) in [5.74, 6) is 3.31. The number of benzene rings is 6. The zero-order valence-electron chi connectivity index (χ0n) is 31.8. The summed E-state index contributed by atoms with van der Waals surface area (Å²) in [6.45, 7) is 0. The number of terminal acetylenes is 1. The van der Waals surface area contributed by atoms with Gasteiger partial charge in [0.05, 0.1) is 11.4 Å². The lowest BCUT2D eigenvalue weighted by atomic mass is 9.67. The van der Waals surface area contributed by atoms with Gasteiger partial charge < -0.3 is 0 Å². The van der Waals surface area contributed by atoms with E-state index in [2.05, 4.69) is 164 Å². The minimum absolute atomic E-state index is 0.283. The molecule has 0 radical (unpaired) electrons. The third-order valence-electron chi connectivity index (χ3n) is 13.0. The van der Waals surface area contributed by atoms with Gasteiger partial charge in [-0.1, -0.05) is 139 Å². The second-order valence-corrected chi connectivity index (χ2v) is 15.9. The van der Waals surface area contributed by atoms with E-state index in [1.807, 2.05) is 24.5 Å². The molecule has 8 aromatic rings. The number of allylic oxidation sites excluding steroid dienone is 8. The Hall–Kier alpha value is -7.34. The van der Waals surface area contributed by atoms with Crippen molar-refractivity contribution in [2.75, 3.05) is 0 Å². The van der Waals surface area contributed by atoms with Gasteiger partial charge >= 0.3 is 0 Å². The van der Waals surface area contributed by atoms with Crippen molar-refractivity contribution in [3.05, 3.63) is 222 Å². The van der Waals surface area contributed by atoms with Gasteiger partial charge in [-0.05, 0) is 149 Å². The highest BCUT2D eigenvalue weighted by atomic mass is 14.8. The second kappa shape index (κ2) is 12.6. The van der Waals surface area contributed by atoms with Gasteiger partial charge in [-0.15, -0.1) is 6.42 Å². The number of hydrogen-bond acceptors (Lipinski definition) is 2. The molecule has 0 saturated carbocycles. The summed E-state index contributed by atoms with van der Waals surface area (Å²) >= 11 is 0. The largest absolute Gasteiger partial charge is 0.260 e. The van der Waals surface area contributed by atoms with Gasteiger partial charge in [-0.25, -0.2) is 0 Å². The molecule has 2 aromatic heterocycles. The first kappa shape index (κ1) is 32.9. The lowest BCUT2D eigenvalue weighted by molar-refractivity contribution is 0.574. The summed E-state index contributed by atoms with van der Waals surface area (Å²) in [6, 6.07) is 53.0. The van der Waals surface area contributed by atoms with Gasteiger partial charge in [-0.2, -0.15) is 0 Å². The third kappa shape index (κ3) is 4.56. The molecule has 1 unspecified atom stereocenters. The Kier molecular flexibility index (Phi) is 7.13. The van der Waals surface area contributed by atoms with E-state index in [4.69, 9.17) is 16.4 Å². The van der Waals surface area contributed by atoms with Crippen LogP contribution in [0, 0.1) is 18.3 Å². The van der Waals surface area contributed by atoms with E-state index in [-0.39, 0.29) is 5.92 Å². The van der Waals surface area contributed by atoms with Crippen LogP contribution in [0.4, 0.5) is 0 Å². The number of rotatable bonds is 6. The molecule has 1 atom stereocenters. The van der Waals surface area contributed by atoms with E-state index >= 15 is 0 Å². The Morgan fingerprint density at radius 1 is 0.603 bits per heavy atom. The summed E-state index contributed by atoms with van der Waals surface area (Å²) < 4.78 is 0. The molecule has 12 rings (SSSR count). The second-order valence-electron chi connectivity index (χ2n) is 15.9. The zero-order chi connectivity index (χ0) is 38.4. The van der Waals surface area contributed by atoms with Crippen LogP contribution < -0.4 is 0 Å². The zero-order valence-corrected chi connectivity index (χ0v) is 31.8. The van der Waals surface area contributed by atoms with Crippen molar-refractivity contribution in [2.45, 2.75) is 18.3 Å². The van der Waals surface area contributed by atoms with Gasteiger partial charge in [0.15, 0.2) is 0 Å². The predicted octanol–water partition coefficient (Wildman–Crippen LogP) is 13.3. The molecule has 2 nitrogen and oxygen atoms in total. The standard InChI is InChI=1S/C56H36N2/c1-2-40-41(46-19-9-14-36-13-8-18-45(40)54(36)46)17-7-12-35-24-27-43-44-29-26-39(38-25-28-42-47-20-10-15-37-16-11-21-48(55(37)47)49(42)33-38)34-51(44)56(50(43)32-35,52-22-3-5-30-57-52)53-23-4-6-31-58-53/h1,3-11,13-31,33-35H,12,32H2/b17-7-. The van der Waals surface area contributed by atoms with Crippen LogP contribution in [0.5, 0.6) is 0 Å². The van der Waals surface area contributed by atoms with Crippen molar-refractivity contribution in [2.24, 2.45) is 5.92 Å². The quantitative estimate of drug-likeness (QED) is 0.159. The van der Waals surface area contributed by atoms with Crippen molar-refractivity contribution in [1.82, 2.24) is 9.97 Å². The lowest BCUT2D eigenvalue weighted by Crippen LogP contribution is -2.33. The molecule has 6 aromatic carbocycles. The molecule has 0 bridgehead atoms. The maximum atomic E-state index is 6.17. The predicted molar refractivity (Wildman–Crippen MR) is 240 cm³/mol. The highest BCUT2D eigenvalue weighted by molar-refractivity contribution is 6.19. The fourth-order valence-electron chi connectivity index (χ4n) is 10.6. The normalized spacial score (nSPS) is 16.6. The first-order valence-corrected chi connectivity index (χ1v) is 20.2. The first-order chi connectivity index (χ1) is 28.7. The molecule has 2 heterocycles. The van der Waals surface area contributed by atoms with Crippen LogP contribution >= 0.6 is 0 Å². The lowest BCUT2D eigenvalue weighted by Gasteiger charge is -2.35. The molecule has 0 spiro atoms. The van der Waals surface area contributed by atoms with Crippen LogP contribution in [0.15, 0.2) is 188 Å². The fraction of sp³-hybridized carbons (Fsp3) is 0.0714. The maximum absolute atomic E-state index is 6.17. The molecule has 0 fully saturated rings. The van der Waals surface area contributed by atoms with Gasteiger partial charge in [0.1, 0.15) is 5.41 Å². The number of aromatic nitrogens is 2. The third-order valence-corrected chi connectivity index (χ3v) is 13.0. The number of fused-ring (bicyclic) bond motifs is 5. The SMILES string of the molecule is C#CC1=C(/C=C\CC2C=CC3=C(C2)C(c2ccccn2)(c2ccccn2)c2cc(-c4ccc5c(c4)-c4cccc6cccc-5c46)ccc23)c2cccc3cccc1c23. The van der Waals surface area contributed by atoms with Crippen LogP contribution in [-0.4, -0.2) is 9.97 Å². The van der Waals surface area contributed by atoms with E-state index in [1.165, 1.54) is 82.8 Å². The molecule has 4 aliphatic rings. The number of nitrogens with zero attached hydrogens (tertiary/aromatic N) is 2. The number of pyridine rings is 2. The molecular formula is C56H36N2. The molecular weight excluding hydrogens is 701 g/mol. The molecule has 0 amide bonds. The average molecular weight is 737 g/mol. The van der Waals surface area contributed by atoms with E-state index in [0.717, 1.165) is 40.9 Å². The molecule has 0 saturated heterocycles. The van der Waals surface area contributed by atoms with Crippen molar-refractivity contribution in [1.29, 1.82) is 0 Å². The van der Waals surface area contributed by atoms with E-state index in [1.54, 1.807) is 0 Å². The van der Waals surface area contributed by atoms with E-state index in [0.29, 0.717) is 0 Å². The Labute approximate surface area is 338 Å². The molecule has 0 N–H and O–H groups in total. The van der Waals surface area contributed by atoms with Gasteiger partial charge in [0.25, 0.3) is 0 Å². The van der Waals surface area contributed by atoms with Crippen LogP contribution in [-0.2, 0) is 5.41 Å². The summed E-state index contributed by atoms with van der Waals surface area (Å²) in [6.07, 6.45) is 21.2. The van der Waals surface area contributed by atoms with Crippen LogP contribution in [0.1, 0.15) is 46.5 Å². The highest BCUT2D eigenvalue weighted by Gasteiger charge is 2.50. The topological polar surface area (TPSA) is 25.8 Å². The van der Waals surface area contributed by atoms with Crippen molar-refractivity contribution < 1.29 is 0 Å². The molecule has 270 valence electrons. The Morgan fingerprint density at radius 3 is 1.90 bits per heavy atom. The van der Waals surface area contributed by atoms with Crippen LogP contribution in [0.25, 0.3) is 71.6 Å². The average Bonchev–Trinajstić information content (AvgIpc) is 3.89. The van der Waals surface area contributed by atoms with E-state index < -0.39 is 5.41 Å². The van der Waals surface area contributed by atoms with Crippen molar-refractivity contribution >= 4 is 38.3 Å². The fourth-order valence-corrected chi connectivity index (χ4v) is 10.6. The maximum Gasteiger partial charge on any atom is 0.102 e. The van der Waals surface area contributed by atoms with Crippen molar-refractivity contribution in [3.8, 4) is 45.7 Å². The van der Waals surface area contributed by atoms with Crippen LogP contribution in [0.2, 0.25) is 0 Å². The molecule has 58 heavy (non-hydrogen) atoms. The van der Waals surface area contributed by atoms with Gasteiger partial charge in [0, 0.05) is 18.0 Å². The van der Waals surface area contributed by atoms with E-state index in [9.17, 15) is 0 Å². The smallest absolute Gasteiger partial charge is 0.102 e. The molecule has 4 aliphatic carbocycles. The highest BCUT2D eigenvalue weighted by Crippen LogP contribution is 2.58. The minimum atomic E-state index is -0.656. The summed E-state index contributed by atoms with van der Waals surface area (Å²) in [5.41, 5.74) is 18.6. The summed E-state index contributed by atoms with van der Waals surface area (Å²) in [7, 11) is 0. The summed E-state index contributed by atoms with van der Waals surface area (Å²) in [5, 5.41) is 5.12. The number of hydrogen-bond donors (Lipinski definition) is 0. The Bertz CT molecular complexity index is 3170. The van der Waals surface area contributed by atoms with Crippen molar-refractivity contribution in [3.63, 3.8) is 0 Å². The van der Waals surface area contributed by atoms with Gasteiger partial charge in [0.2, 0.25) is 0 Å². The minimum Gasteiger partial charge on any atom is -0.260 e. The summed E-state index contributed by atoms with van der Waals surface area (Å²) in [4.78, 5) is 10.3. The monoisotopic (exact) mass is 736 g/mol. The van der Waals surface area contributed by atoms with Crippen LogP contribution in [0.3, 0.4) is 0 Å². The van der Waals surface area contributed by atoms with Gasteiger partial charge in [-0.3, -0.25) is 9.97 Å². The molecule has 0 aliphatic heterocycles. The Balaban J connectivity index is 0.957. The first-order valence-electron chi connectivity index (χ1n) is 20.2. The Morgan fingerprint density at radius 2 is 1.22 bits per heavy atom. The molecule has 2 heteroatoms.